The molecule has 0 atom stereocenters. The van der Waals surface area contributed by atoms with E-state index in [1.54, 1.807) is 12.1 Å². The highest BCUT2D eigenvalue weighted by molar-refractivity contribution is 14.0. The number of nitrogens with zero attached hydrogens (tertiary/aromatic N) is 4. The van der Waals surface area contributed by atoms with Crippen molar-refractivity contribution in [2.45, 2.75) is 19.9 Å². The molecule has 0 radical (unpaired) electrons. The molecule has 0 unspecified atom stereocenters. The molecule has 0 aliphatic carbocycles. The van der Waals surface area contributed by atoms with Crippen LogP contribution in [0, 0.1) is 12.7 Å². The highest BCUT2D eigenvalue weighted by Crippen LogP contribution is 2.19. The number of hydrogen-bond donors (Lipinski definition) is 1. The van der Waals surface area contributed by atoms with Crippen LogP contribution in [0.5, 0.6) is 5.75 Å². The number of benzene rings is 1. The lowest BCUT2D eigenvalue weighted by atomic mass is 10.1. The second kappa shape index (κ2) is 12.0. The van der Waals surface area contributed by atoms with Crippen LogP contribution in [0.3, 0.4) is 0 Å². The van der Waals surface area contributed by atoms with Gasteiger partial charge in [-0.15, -0.1) is 24.0 Å². The summed E-state index contributed by atoms with van der Waals surface area (Å²) in [5.41, 5.74) is 3.49. The van der Waals surface area contributed by atoms with Crippen molar-refractivity contribution in [1.82, 2.24) is 20.1 Å². The van der Waals surface area contributed by atoms with Gasteiger partial charge in [-0.05, 0) is 48.2 Å². The van der Waals surface area contributed by atoms with Crippen LogP contribution in [-0.4, -0.2) is 67.6 Å². The molecule has 2 heterocycles. The summed E-state index contributed by atoms with van der Waals surface area (Å²) in [6.45, 7) is 7.28. The first kappa shape index (κ1) is 24.3. The van der Waals surface area contributed by atoms with Gasteiger partial charge in [0.25, 0.3) is 0 Å². The van der Waals surface area contributed by atoms with Gasteiger partial charge in [-0.1, -0.05) is 6.07 Å². The van der Waals surface area contributed by atoms with Gasteiger partial charge in [-0.3, -0.25) is 14.9 Å². The molecule has 164 valence electrons. The van der Waals surface area contributed by atoms with E-state index in [9.17, 15) is 4.39 Å². The second-order valence-electron chi connectivity index (χ2n) is 7.26. The minimum atomic E-state index is -0.308. The molecular weight excluding hydrogens is 496 g/mol. The van der Waals surface area contributed by atoms with E-state index in [-0.39, 0.29) is 35.5 Å². The molecule has 1 fully saturated rings. The lowest BCUT2D eigenvalue weighted by Crippen LogP contribution is -2.52. The van der Waals surface area contributed by atoms with E-state index in [1.165, 1.54) is 18.2 Å². The summed E-state index contributed by atoms with van der Waals surface area (Å²) in [7, 11) is 3.31. The van der Waals surface area contributed by atoms with Gasteiger partial charge in [0.05, 0.1) is 7.11 Å². The zero-order valence-corrected chi connectivity index (χ0v) is 20.2. The van der Waals surface area contributed by atoms with Crippen LogP contribution in [-0.2, 0) is 13.0 Å². The Hall–Kier alpha value is -1.94. The molecule has 30 heavy (non-hydrogen) atoms. The molecule has 0 amide bonds. The number of piperazine rings is 1. The number of rotatable bonds is 6. The number of methoxy groups -OCH3 is 1. The average Bonchev–Trinajstić information content (AvgIpc) is 2.73. The largest absolute Gasteiger partial charge is 0.494 e. The van der Waals surface area contributed by atoms with Gasteiger partial charge in [0, 0.05) is 58.7 Å². The van der Waals surface area contributed by atoms with Gasteiger partial charge >= 0.3 is 0 Å². The van der Waals surface area contributed by atoms with E-state index < -0.39 is 0 Å². The van der Waals surface area contributed by atoms with Crippen LogP contribution >= 0.6 is 24.0 Å². The predicted octanol–water partition coefficient (Wildman–Crippen LogP) is 3.09. The van der Waals surface area contributed by atoms with Crippen LogP contribution < -0.4 is 10.1 Å². The first-order chi connectivity index (χ1) is 14.1. The number of halogens is 2. The molecule has 3 rings (SSSR count). The first-order valence-corrected chi connectivity index (χ1v) is 10.0. The highest BCUT2D eigenvalue weighted by atomic mass is 127. The van der Waals surface area contributed by atoms with Crippen LogP contribution in [0.15, 0.2) is 41.7 Å². The molecule has 1 aliphatic heterocycles. The Morgan fingerprint density at radius 1 is 1.23 bits per heavy atom. The Morgan fingerprint density at radius 3 is 2.63 bits per heavy atom. The fourth-order valence-electron chi connectivity index (χ4n) is 3.61. The molecule has 0 spiro atoms. The van der Waals surface area contributed by atoms with Gasteiger partial charge < -0.3 is 15.0 Å². The second-order valence-corrected chi connectivity index (χ2v) is 7.26. The van der Waals surface area contributed by atoms with Gasteiger partial charge in [-0.25, -0.2) is 4.39 Å². The van der Waals surface area contributed by atoms with E-state index in [0.29, 0.717) is 0 Å². The van der Waals surface area contributed by atoms with Crippen LogP contribution in [0.2, 0.25) is 0 Å². The number of aromatic nitrogens is 1. The maximum atomic E-state index is 13.9. The highest BCUT2D eigenvalue weighted by Gasteiger charge is 2.20. The maximum absolute atomic E-state index is 13.9. The van der Waals surface area contributed by atoms with Crippen molar-refractivity contribution >= 4 is 29.9 Å². The summed E-state index contributed by atoms with van der Waals surface area (Å²) in [5, 5.41) is 3.47. The monoisotopic (exact) mass is 527 g/mol. The molecule has 1 saturated heterocycles. The third-order valence-electron chi connectivity index (χ3n) is 5.32. The van der Waals surface area contributed by atoms with Gasteiger partial charge in [-0.2, -0.15) is 0 Å². The topological polar surface area (TPSA) is 53.0 Å². The smallest absolute Gasteiger partial charge is 0.193 e. The minimum Gasteiger partial charge on any atom is -0.494 e. The number of aliphatic imine (C=N–C) groups is 1. The normalized spacial score (nSPS) is 14.9. The van der Waals surface area contributed by atoms with E-state index in [4.69, 9.17) is 4.74 Å². The standard InChI is InChI=1S/C22H30FN5O.HI/c1-17-15-25-8-6-19(17)7-9-26-22(24-2)28-12-10-27(11-13-28)16-18-4-5-21(29-3)20(23)14-18;/h4-6,8,14-15H,7,9-13,16H2,1-3H3,(H,24,26);1H. The Labute approximate surface area is 195 Å². The third-order valence-corrected chi connectivity index (χ3v) is 5.32. The Bertz CT molecular complexity index is 840. The van der Waals surface area contributed by atoms with E-state index in [0.717, 1.165) is 57.2 Å². The average molecular weight is 527 g/mol. The molecule has 1 aliphatic rings. The van der Waals surface area contributed by atoms with Crippen LogP contribution in [0.1, 0.15) is 16.7 Å². The fraction of sp³-hybridized carbons (Fsp3) is 0.455. The zero-order valence-electron chi connectivity index (χ0n) is 17.9. The molecule has 1 N–H and O–H groups in total. The number of pyridine rings is 1. The minimum absolute atomic E-state index is 0. The fourth-order valence-corrected chi connectivity index (χ4v) is 3.61. The van der Waals surface area contributed by atoms with Crippen molar-refractivity contribution in [3.63, 3.8) is 0 Å². The molecule has 2 aromatic rings. The van der Waals surface area contributed by atoms with E-state index in [1.807, 2.05) is 25.5 Å². The first-order valence-electron chi connectivity index (χ1n) is 10.0. The lowest BCUT2D eigenvalue weighted by molar-refractivity contribution is 0.172. The Kier molecular flexibility index (Phi) is 9.77. The third kappa shape index (κ3) is 6.53. The van der Waals surface area contributed by atoms with E-state index in [2.05, 4.69) is 38.1 Å². The summed E-state index contributed by atoms with van der Waals surface area (Å²) in [5.74, 6) is 0.917. The number of nitrogens with one attached hydrogen (secondary N) is 1. The van der Waals surface area contributed by atoms with Gasteiger partial charge in [0.15, 0.2) is 17.5 Å². The SMILES string of the molecule is CN=C(NCCc1ccncc1C)N1CCN(Cc2ccc(OC)c(F)c2)CC1.I. The number of ether oxygens (including phenoxy) is 1. The maximum Gasteiger partial charge on any atom is 0.193 e. The Morgan fingerprint density at radius 2 is 2.00 bits per heavy atom. The van der Waals surface area contributed by atoms with Crippen LogP contribution in [0.4, 0.5) is 4.39 Å². The zero-order chi connectivity index (χ0) is 20.6. The molecule has 0 bridgehead atoms. The molecule has 1 aromatic carbocycles. The number of guanidine groups is 1. The summed E-state index contributed by atoms with van der Waals surface area (Å²) < 4.78 is 18.9. The van der Waals surface area contributed by atoms with Gasteiger partial charge in [0.2, 0.25) is 0 Å². The summed E-state index contributed by atoms with van der Waals surface area (Å²) >= 11 is 0. The van der Waals surface area contributed by atoms with Crippen molar-refractivity contribution in [3.8, 4) is 5.75 Å². The van der Waals surface area contributed by atoms with E-state index >= 15 is 0 Å². The van der Waals surface area contributed by atoms with Crippen molar-refractivity contribution in [2.75, 3.05) is 46.9 Å². The van der Waals surface area contributed by atoms with Crippen molar-refractivity contribution in [1.29, 1.82) is 0 Å². The molecule has 8 heteroatoms. The predicted molar refractivity (Wildman–Crippen MR) is 129 cm³/mol. The van der Waals surface area contributed by atoms with Crippen LogP contribution in [0.25, 0.3) is 0 Å². The summed E-state index contributed by atoms with van der Waals surface area (Å²) in [6.07, 6.45) is 4.68. The van der Waals surface area contributed by atoms with Crippen molar-refractivity contribution < 1.29 is 9.13 Å². The molecule has 1 aromatic heterocycles. The Balaban J connectivity index is 0.00000320. The lowest BCUT2D eigenvalue weighted by Gasteiger charge is -2.36. The number of hydrogen-bond acceptors (Lipinski definition) is 4. The van der Waals surface area contributed by atoms with Crippen molar-refractivity contribution in [2.24, 2.45) is 4.99 Å². The molecule has 0 saturated carbocycles. The summed E-state index contributed by atoms with van der Waals surface area (Å²) in [4.78, 5) is 13.2. The van der Waals surface area contributed by atoms with Gasteiger partial charge in [0.1, 0.15) is 0 Å². The summed E-state index contributed by atoms with van der Waals surface area (Å²) in [6, 6.07) is 7.25. The molecular formula is C22H31FIN5O. The quantitative estimate of drug-likeness (QED) is 0.356. The number of aryl methyl sites for hydroxylation is 1. The van der Waals surface area contributed by atoms with Crippen molar-refractivity contribution in [3.05, 3.63) is 59.2 Å². The molecule has 6 nitrogen and oxygen atoms in total.